The summed E-state index contributed by atoms with van der Waals surface area (Å²) in [5.74, 6) is 0.207. The van der Waals surface area contributed by atoms with Gasteiger partial charge in [0.1, 0.15) is 5.82 Å². The summed E-state index contributed by atoms with van der Waals surface area (Å²) in [5.41, 5.74) is 9.60. The Labute approximate surface area is 114 Å². The van der Waals surface area contributed by atoms with Gasteiger partial charge in [-0.1, -0.05) is 42.0 Å². The SMILES string of the molecule is Cc1cccc(CC(CN)Cc2ccc(F)cc2)c1. The third kappa shape index (κ3) is 4.18. The van der Waals surface area contributed by atoms with Crippen molar-refractivity contribution in [2.45, 2.75) is 19.8 Å². The summed E-state index contributed by atoms with van der Waals surface area (Å²) < 4.78 is 12.9. The molecule has 0 aliphatic rings. The van der Waals surface area contributed by atoms with Crippen LogP contribution < -0.4 is 5.73 Å². The van der Waals surface area contributed by atoms with Gasteiger partial charge in [0.05, 0.1) is 0 Å². The topological polar surface area (TPSA) is 26.0 Å². The molecule has 0 saturated carbocycles. The molecule has 100 valence electrons. The van der Waals surface area contributed by atoms with Gasteiger partial charge in [-0.2, -0.15) is 0 Å². The molecule has 1 unspecified atom stereocenters. The molecule has 0 aliphatic carbocycles. The number of nitrogens with two attached hydrogens (primary N) is 1. The molecular weight excluding hydrogens is 237 g/mol. The summed E-state index contributed by atoms with van der Waals surface area (Å²) in [5, 5.41) is 0. The van der Waals surface area contributed by atoms with Crippen molar-refractivity contribution in [3.63, 3.8) is 0 Å². The zero-order chi connectivity index (χ0) is 13.7. The zero-order valence-corrected chi connectivity index (χ0v) is 11.3. The van der Waals surface area contributed by atoms with Gasteiger partial charge in [-0.15, -0.1) is 0 Å². The van der Waals surface area contributed by atoms with E-state index in [2.05, 4.69) is 31.2 Å². The van der Waals surface area contributed by atoms with Crippen LogP contribution in [-0.4, -0.2) is 6.54 Å². The highest BCUT2D eigenvalue weighted by Crippen LogP contribution is 2.15. The Morgan fingerprint density at radius 2 is 1.68 bits per heavy atom. The van der Waals surface area contributed by atoms with Gasteiger partial charge in [-0.3, -0.25) is 0 Å². The van der Waals surface area contributed by atoms with Crippen LogP contribution in [0, 0.1) is 18.7 Å². The van der Waals surface area contributed by atoms with Gasteiger partial charge >= 0.3 is 0 Å². The van der Waals surface area contributed by atoms with Crippen molar-refractivity contribution in [1.29, 1.82) is 0 Å². The molecule has 0 fully saturated rings. The summed E-state index contributed by atoms with van der Waals surface area (Å²) in [4.78, 5) is 0. The molecule has 2 aromatic rings. The second-order valence-electron chi connectivity index (χ2n) is 5.13. The maximum Gasteiger partial charge on any atom is 0.123 e. The van der Waals surface area contributed by atoms with E-state index in [1.807, 2.05) is 12.1 Å². The van der Waals surface area contributed by atoms with E-state index in [-0.39, 0.29) is 5.82 Å². The van der Waals surface area contributed by atoms with Gasteiger partial charge in [0.25, 0.3) is 0 Å². The Morgan fingerprint density at radius 1 is 1.00 bits per heavy atom. The smallest absolute Gasteiger partial charge is 0.123 e. The number of hydrogen-bond donors (Lipinski definition) is 1. The highest BCUT2D eigenvalue weighted by molar-refractivity contribution is 5.23. The number of aryl methyl sites for hydroxylation is 1. The van der Waals surface area contributed by atoms with E-state index in [9.17, 15) is 4.39 Å². The molecule has 2 N–H and O–H groups in total. The van der Waals surface area contributed by atoms with E-state index < -0.39 is 0 Å². The Morgan fingerprint density at radius 3 is 2.32 bits per heavy atom. The lowest BCUT2D eigenvalue weighted by Crippen LogP contribution is -2.19. The lowest BCUT2D eigenvalue weighted by molar-refractivity contribution is 0.532. The number of benzene rings is 2. The summed E-state index contributed by atoms with van der Waals surface area (Å²) in [6, 6.07) is 15.2. The van der Waals surface area contributed by atoms with Crippen LogP contribution in [0.4, 0.5) is 4.39 Å². The third-order valence-electron chi connectivity index (χ3n) is 3.38. The summed E-state index contributed by atoms with van der Waals surface area (Å²) in [7, 11) is 0. The van der Waals surface area contributed by atoms with Crippen molar-refractivity contribution in [3.05, 3.63) is 71.0 Å². The minimum atomic E-state index is -0.188. The molecule has 0 spiro atoms. The monoisotopic (exact) mass is 257 g/mol. The molecule has 0 radical (unpaired) electrons. The second kappa shape index (κ2) is 6.48. The third-order valence-corrected chi connectivity index (χ3v) is 3.38. The van der Waals surface area contributed by atoms with Crippen LogP contribution >= 0.6 is 0 Å². The largest absolute Gasteiger partial charge is 0.330 e. The van der Waals surface area contributed by atoms with Crippen LogP contribution in [0.1, 0.15) is 16.7 Å². The van der Waals surface area contributed by atoms with Crippen LogP contribution in [0.25, 0.3) is 0 Å². The van der Waals surface area contributed by atoms with Crippen LogP contribution in [0.5, 0.6) is 0 Å². The van der Waals surface area contributed by atoms with E-state index in [0.29, 0.717) is 12.5 Å². The molecule has 2 heteroatoms. The van der Waals surface area contributed by atoms with Crippen molar-refractivity contribution in [2.24, 2.45) is 11.7 Å². The standard InChI is InChI=1S/C17H20FN/c1-13-3-2-4-15(9-13)11-16(12-19)10-14-5-7-17(18)8-6-14/h2-9,16H,10-12,19H2,1H3. The number of halogens is 1. The van der Waals surface area contributed by atoms with Crippen LogP contribution in [0.3, 0.4) is 0 Å². The first-order valence-corrected chi connectivity index (χ1v) is 6.67. The van der Waals surface area contributed by atoms with Gasteiger partial charge in [0.2, 0.25) is 0 Å². The fraction of sp³-hybridized carbons (Fsp3) is 0.294. The molecule has 19 heavy (non-hydrogen) atoms. The summed E-state index contributed by atoms with van der Waals surface area (Å²) in [6.07, 6.45) is 1.86. The van der Waals surface area contributed by atoms with Crippen molar-refractivity contribution >= 4 is 0 Å². The molecule has 0 aromatic heterocycles. The van der Waals surface area contributed by atoms with Gasteiger partial charge in [0.15, 0.2) is 0 Å². The predicted molar refractivity (Wildman–Crippen MR) is 77.5 cm³/mol. The molecule has 0 bridgehead atoms. The van der Waals surface area contributed by atoms with Gasteiger partial charge < -0.3 is 5.73 Å². The van der Waals surface area contributed by atoms with Crippen molar-refractivity contribution in [3.8, 4) is 0 Å². The van der Waals surface area contributed by atoms with Gasteiger partial charge in [-0.05, 0) is 55.5 Å². The fourth-order valence-electron chi connectivity index (χ4n) is 2.37. The van der Waals surface area contributed by atoms with Crippen LogP contribution in [0.2, 0.25) is 0 Å². The Kier molecular flexibility index (Phi) is 4.69. The Hall–Kier alpha value is -1.67. The average Bonchev–Trinajstić information content (AvgIpc) is 2.40. The van der Waals surface area contributed by atoms with E-state index in [1.165, 1.54) is 23.3 Å². The van der Waals surface area contributed by atoms with E-state index in [0.717, 1.165) is 18.4 Å². The number of hydrogen-bond acceptors (Lipinski definition) is 1. The number of rotatable bonds is 5. The molecule has 1 atom stereocenters. The quantitative estimate of drug-likeness (QED) is 0.871. The lowest BCUT2D eigenvalue weighted by Gasteiger charge is -2.15. The molecule has 2 aromatic carbocycles. The highest BCUT2D eigenvalue weighted by atomic mass is 19.1. The van der Waals surface area contributed by atoms with Crippen molar-refractivity contribution in [1.82, 2.24) is 0 Å². The van der Waals surface area contributed by atoms with Crippen LogP contribution in [0.15, 0.2) is 48.5 Å². The fourth-order valence-corrected chi connectivity index (χ4v) is 2.37. The maximum atomic E-state index is 12.9. The molecule has 1 nitrogen and oxygen atoms in total. The lowest BCUT2D eigenvalue weighted by atomic mass is 9.92. The van der Waals surface area contributed by atoms with Gasteiger partial charge in [-0.25, -0.2) is 4.39 Å². The molecule has 0 saturated heterocycles. The molecule has 2 rings (SSSR count). The molecule has 0 amide bonds. The van der Waals surface area contributed by atoms with Crippen LogP contribution in [-0.2, 0) is 12.8 Å². The summed E-state index contributed by atoms with van der Waals surface area (Å²) >= 11 is 0. The second-order valence-corrected chi connectivity index (χ2v) is 5.13. The Bertz CT molecular complexity index is 519. The normalized spacial score (nSPS) is 12.4. The minimum Gasteiger partial charge on any atom is -0.330 e. The highest BCUT2D eigenvalue weighted by Gasteiger charge is 2.09. The summed E-state index contributed by atoms with van der Waals surface area (Å²) in [6.45, 7) is 2.74. The van der Waals surface area contributed by atoms with E-state index in [4.69, 9.17) is 5.73 Å². The maximum absolute atomic E-state index is 12.9. The average molecular weight is 257 g/mol. The van der Waals surface area contributed by atoms with E-state index >= 15 is 0 Å². The molecule has 0 aliphatic heterocycles. The van der Waals surface area contributed by atoms with E-state index in [1.54, 1.807) is 0 Å². The first-order valence-electron chi connectivity index (χ1n) is 6.67. The molecule has 0 heterocycles. The Balaban J connectivity index is 2.02. The zero-order valence-electron chi connectivity index (χ0n) is 11.3. The first kappa shape index (κ1) is 13.8. The van der Waals surface area contributed by atoms with Crippen molar-refractivity contribution < 1.29 is 4.39 Å². The van der Waals surface area contributed by atoms with Gasteiger partial charge in [0, 0.05) is 0 Å². The van der Waals surface area contributed by atoms with Crippen molar-refractivity contribution in [2.75, 3.05) is 6.54 Å². The predicted octanol–water partition coefficient (Wildman–Crippen LogP) is 3.49. The first-order chi connectivity index (χ1) is 9.17. The molecular formula is C17H20FN. The minimum absolute atomic E-state index is 0.188.